The van der Waals surface area contributed by atoms with E-state index in [1.165, 1.54) is 24.3 Å². The van der Waals surface area contributed by atoms with Crippen molar-refractivity contribution in [1.29, 1.82) is 0 Å². The first-order valence-electron chi connectivity index (χ1n) is 8.15. The van der Waals surface area contributed by atoms with E-state index in [0.29, 0.717) is 24.4 Å². The fourth-order valence-corrected chi connectivity index (χ4v) is 2.73. The number of ether oxygens (including phenoxy) is 1. The molecular formula is C18H20ClFN4O3. The van der Waals surface area contributed by atoms with Crippen molar-refractivity contribution in [3.8, 4) is 0 Å². The number of benzene rings is 1. The zero-order valence-corrected chi connectivity index (χ0v) is 15.4. The number of halogens is 2. The molecule has 0 aliphatic carbocycles. The molecule has 1 atom stereocenters. The number of pyridine rings is 1. The number of nitrogens with one attached hydrogen (secondary N) is 2. The Morgan fingerprint density at radius 1 is 1.33 bits per heavy atom. The van der Waals surface area contributed by atoms with Crippen molar-refractivity contribution in [2.45, 2.75) is 13.0 Å². The zero-order valence-electron chi connectivity index (χ0n) is 14.6. The maximum Gasteiger partial charge on any atom is 0.267 e. The predicted octanol–water partition coefficient (Wildman–Crippen LogP) is 1.96. The van der Waals surface area contributed by atoms with Gasteiger partial charge in [-0.05, 0) is 36.8 Å². The lowest BCUT2D eigenvalue weighted by Gasteiger charge is -2.24. The van der Waals surface area contributed by atoms with Gasteiger partial charge in [0.2, 0.25) is 0 Å². The topological polar surface area (TPSA) is 106 Å². The van der Waals surface area contributed by atoms with Crippen LogP contribution in [0.5, 0.6) is 0 Å². The first-order chi connectivity index (χ1) is 12.4. The van der Waals surface area contributed by atoms with Gasteiger partial charge in [0.1, 0.15) is 11.5 Å². The van der Waals surface area contributed by atoms with Gasteiger partial charge in [0.25, 0.3) is 11.8 Å². The number of morpholine rings is 1. The molecule has 0 radical (unpaired) electrons. The highest BCUT2D eigenvalue weighted by Gasteiger charge is 2.18. The lowest BCUT2D eigenvalue weighted by atomic mass is 10.1. The van der Waals surface area contributed by atoms with Crippen LogP contribution in [0.3, 0.4) is 0 Å². The summed E-state index contributed by atoms with van der Waals surface area (Å²) in [6, 6.07) is 7.32. The minimum absolute atomic E-state index is 0. The van der Waals surface area contributed by atoms with Crippen LogP contribution < -0.4 is 16.4 Å². The molecule has 1 aliphatic rings. The summed E-state index contributed by atoms with van der Waals surface area (Å²) in [6.45, 7) is 3.58. The third kappa shape index (κ3) is 5.00. The highest BCUT2D eigenvalue weighted by molar-refractivity contribution is 6.05. The van der Waals surface area contributed by atoms with Gasteiger partial charge in [-0.15, -0.1) is 12.4 Å². The van der Waals surface area contributed by atoms with Crippen LogP contribution >= 0.6 is 12.4 Å². The van der Waals surface area contributed by atoms with Gasteiger partial charge in [0, 0.05) is 24.3 Å². The minimum Gasteiger partial charge on any atom is -0.371 e. The van der Waals surface area contributed by atoms with Gasteiger partial charge >= 0.3 is 0 Å². The molecule has 144 valence electrons. The van der Waals surface area contributed by atoms with Gasteiger partial charge in [0.15, 0.2) is 0 Å². The molecule has 0 saturated carbocycles. The van der Waals surface area contributed by atoms with Crippen molar-refractivity contribution < 1.29 is 18.7 Å². The van der Waals surface area contributed by atoms with Crippen molar-refractivity contribution in [2.75, 3.05) is 25.0 Å². The molecule has 7 nitrogen and oxygen atoms in total. The van der Waals surface area contributed by atoms with Crippen LogP contribution in [0, 0.1) is 12.7 Å². The van der Waals surface area contributed by atoms with Crippen molar-refractivity contribution in [3.63, 3.8) is 0 Å². The number of aryl methyl sites for hydroxylation is 1. The average molecular weight is 395 g/mol. The number of carbonyl (C=O) groups excluding carboxylic acids is 2. The molecule has 1 aromatic carbocycles. The van der Waals surface area contributed by atoms with E-state index in [1.807, 2.05) is 0 Å². The van der Waals surface area contributed by atoms with E-state index in [4.69, 9.17) is 10.5 Å². The van der Waals surface area contributed by atoms with E-state index in [2.05, 4.69) is 15.6 Å². The number of primary amides is 1. The molecule has 0 bridgehead atoms. The number of hydrogen-bond donors (Lipinski definition) is 3. The highest BCUT2D eigenvalue weighted by Crippen LogP contribution is 2.24. The average Bonchev–Trinajstić information content (AvgIpc) is 2.63. The van der Waals surface area contributed by atoms with Crippen LogP contribution in [0.25, 0.3) is 0 Å². The van der Waals surface area contributed by atoms with Crippen LogP contribution in [0.2, 0.25) is 0 Å². The van der Waals surface area contributed by atoms with Crippen molar-refractivity contribution in [2.24, 2.45) is 5.73 Å². The lowest BCUT2D eigenvalue weighted by Crippen LogP contribution is -2.33. The van der Waals surface area contributed by atoms with Crippen LogP contribution in [-0.2, 0) is 4.74 Å². The Morgan fingerprint density at radius 2 is 2.11 bits per heavy atom. The summed E-state index contributed by atoms with van der Waals surface area (Å²) in [5.74, 6) is -1.86. The van der Waals surface area contributed by atoms with Crippen LogP contribution in [-0.4, -0.2) is 36.5 Å². The zero-order chi connectivity index (χ0) is 18.7. The Kier molecular flexibility index (Phi) is 6.84. The van der Waals surface area contributed by atoms with Gasteiger partial charge < -0.3 is 21.1 Å². The number of anilines is 1. The molecule has 0 unspecified atom stereocenters. The summed E-state index contributed by atoms with van der Waals surface area (Å²) in [7, 11) is 0. The summed E-state index contributed by atoms with van der Waals surface area (Å²) < 4.78 is 20.0. The summed E-state index contributed by atoms with van der Waals surface area (Å²) in [6.07, 6.45) is -0.219. The monoisotopic (exact) mass is 394 g/mol. The molecule has 1 aromatic heterocycles. The summed E-state index contributed by atoms with van der Waals surface area (Å²) in [5.41, 5.74) is 6.56. The highest BCUT2D eigenvalue weighted by atomic mass is 35.5. The second-order valence-electron chi connectivity index (χ2n) is 6.00. The third-order valence-corrected chi connectivity index (χ3v) is 4.01. The van der Waals surface area contributed by atoms with Crippen molar-refractivity contribution in [1.82, 2.24) is 10.3 Å². The van der Waals surface area contributed by atoms with Crippen molar-refractivity contribution in [3.05, 3.63) is 58.7 Å². The largest absolute Gasteiger partial charge is 0.371 e. The first kappa shape index (κ1) is 20.8. The molecule has 0 spiro atoms. The predicted molar refractivity (Wildman–Crippen MR) is 101 cm³/mol. The van der Waals surface area contributed by atoms with Gasteiger partial charge in [0.05, 0.1) is 18.4 Å². The van der Waals surface area contributed by atoms with Gasteiger partial charge in [-0.3, -0.25) is 9.59 Å². The van der Waals surface area contributed by atoms with E-state index in [1.54, 1.807) is 13.0 Å². The van der Waals surface area contributed by atoms with Crippen LogP contribution in [0.4, 0.5) is 10.1 Å². The molecule has 1 fully saturated rings. The van der Waals surface area contributed by atoms with Crippen LogP contribution in [0.15, 0.2) is 30.3 Å². The Labute approximate surface area is 161 Å². The lowest BCUT2D eigenvalue weighted by molar-refractivity contribution is 0.0275. The van der Waals surface area contributed by atoms with E-state index in [-0.39, 0.29) is 35.5 Å². The number of nitrogens with zero attached hydrogens (tertiary/aromatic N) is 1. The second-order valence-corrected chi connectivity index (χ2v) is 6.00. The third-order valence-electron chi connectivity index (χ3n) is 4.01. The SMILES string of the molecule is Cc1cc(C(=O)Nc2ccc([C@H]3CNCCO3)cc2F)cc(C(N)=O)n1.Cl. The molecule has 2 heterocycles. The molecule has 27 heavy (non-hydrogen) atoms. The molecule has 1 saturated heterocycles. The van der Waals surface area contributed by atoms with E-state index in [0.717, 1.165) is 6.54 Å². The minimum atomic E-state index is -0.737. The molecule has 1 aliphatic heterocycles. The Morgan fingerprint density at radius 3 is 2.74 bits per heavy atom. The molecular weight excluding hydrogens is 375 g/mol. The smallest absolute Gasteiger partial charge is 0.267 e. The normalized spacial score (nSPS) is 16.3. The van der Waals surface area contributed by atoms with Gasteiger partial charge in [-0.2, -0.15) is 0 Å². The maximum atomic E-state index is 14.4. The number of aromatic nitrogens is 1. The number of hydrogen-bond acceptors (Lipinski definition) is 5. The quantitative estimate of drug-likeness (QED) is 0.735. The fraction of sp³-hybridized carbons (Fsp3) is 0.278. The molecule has 2 aromatic rings. The Bertz CT molecular complexity index is 856. The standard InChI is InChI=1S/C18H19FN4O3.ClH/c1-10-6-12(8-15(22-10)17(20)24)18(25)23-14-3-2-11(7-13(14)19)16-9-21-4-5-26-16;/h2-3,6-8,16,21H,4-5,9H2,1H3,(H2,20,24)(H,23,25);1H/t16-;/m1./s1. The number of amides is 2. The molecule has 3 rings (SSSR count). The number of nitrogens with two attached hydrogens (primary N) is 1. The van der Waals surface area contributed by atoms with Crippen LogP contribution in [0.1, 0.15) is 38.2 Å². The first-order valence-corrected chi connectivity index (χ1v) is 8.15. The summed E-state index contributed by atoms with van der Waals surface area (Å²) in [4.78, 5) is 27.6. The summed E-state index contributed by atoms with van der Waals surface area (Å²) >= 11 is 0. The second kappa shape index (κ2) is 8.90. The number of rotatable bonds is 4. The molecule has 4 N–H and O–H groups in total. The van der Waals surface area contributed by atoms with E-state index >= 15 is 0 Å². The van der Waals surface area contributed by atoms with E-state index < -0.39 is 17.6 Å². The van der Waals surface area contributed by atoms with E-state index in [9.17, 15) is 14.0 Å². The van der Waals surface area contributed by atoms with Gasteiger partial charge in [-0.25, -0.2) is 9.37 Å². The molecule has 9 heteroatoms. The maximum absolute atomic E-state index is 14.4. The fourth-order valence-electron chi connectivity index (χ4n) is 2.73. The number of carbonyl (C=O) groups is 2. The Balaban J connectivity index is 0.00000261. The van der Waals surface area contributed by atoms with Crippen molar-refractivity contribution >= 4 is 29.9 Å². The molecule has 2 amide bonds. The Hall–Kier alpha value is -2.55. The van der Waals surface area contributed by atoms with Gasteiger partial charge in [-0.1, -0.05) is 6.07 Å². The summed E-state index contributed by atoms with van der Waals surface area (Å²) in [5, 5.41) is 5.68.